The zero-order valence-corrected chi connectivity index (χ0v) is 14.6. The molecule has 3 rings (SSSR count). The molecule has 9 nitrogen and oxygen atoms in total. The second-order valence-corrected chi connectivity index (χ2v) is 7.06. The van der Waals surface area contributed by atoms with Gasteiger partial charge in [-0.25, -0.2) is 14.0 Å². The van der Waals surface area contributed by atoms with Crippen molar-refractivity contribution in [2.45, 2.75) is 10.1 Å². The van der Waals surface area contributed by atoms with Gasteiger partial charge in [-0.2, -0.15) is 0 Å². The van der Waals surface area contributed by atoms with E-state index in [2.05, 4.69) is 25.5 Å². The molecule has 0 saturated carbocycles. The number of hydrogen-bond acceptors (Lipinski definition) is 10. The minimum absolute atomic E-state index is 0.0312. The van der Waals surface area contributed by atoms with E-state index in [-0.39, 0.29) is 16.6 Å². The highest BCUT2D eigenvalue weighted by Crippen LogP contribution is 2.27. The molecule has 13 heteroatoms. The van der Waals surface area contributed by atoms with Gasteiger partial charge < -0.3 is 5.73 Å². The Morgan fingerprint density at radius 2 is 2.28 bits per heavy atom. The fraction of sp³-hybridized carbons (Fsp3) is 0.0833. The Balaban J connectivity index is 1.82. The van der Waals surface area contributed by atoms with Gasteiger partial charge in [0, 0.05) is 5.75 Å². The first-order valence-electron chi connectivity index (χ1n) is 6.54. The lowest BCUT2D eigenvalue weighted by Crippen LogP contribution is -2.21. The number of anilines is 1. The fourth-order valence-corrected chi connectivity index (χ4v) is 3.44. The molecule has 0 atom stereocenters. The van der Waals surface area contributed by atoms with Crippen molar-refractivity contribution >= 4 is 51.4 Å². The summed E-state index contributed by atoms with van der Waals surface area (Å²) in [5.41, 5.74) is 8.35. The summed E-state index contributed by atoms with van der Waals surface area (Å²) < 4.78 is 18.6. The highest BCUT2D eigenvalue weighted by Gasteiger charge is 2.18. The Morgan fingerprint density at radius 3 is 2.96 bits per heavy atom. The minimum atomic E-state index is -0.573. The molecule has 0 fully saturated rings. The second kappa shape index (κ2) is 7.74. The van der Waals surface area contributed by atoms with Crippen molar-refractivity contribution in [3.05, 3.63) is 40.4 Å². The Kier molecular flexibility index (Phi) is 5.43. The summed E-state index contributed by atoms with van der Waals surface area (Å²) in [7, 11) is 0. The van der Waals surface area contributed by atoms with Crippen molar-refractivity contribution in [3.63, 3.8) is 0 Å². The van der Waals surface area contributed by atoms with Crippen LogP contribution < -0.4 is 11.2 Å². The average molecular weight is 402 g/mol. The van der Waals surface area contributed by atoms with Gasteiger partial charge >= 0.3 is 0 Å². The first-order chi connectivity index (χ1) is 12.1. The number of aliphatic imine (C=N–C) groups is 1. The summed E-state index contributed by atoms with van der Waals surface area (Å²) in [5.74, 6) is -0.273. The third kappa shape index (κ3) is 4.22. The molecule has 4 N–H and O–H groups in total. The quantitative estimate of drug-likeness (QED) is 0.255. The summed E-state index contributed by atoms with van der Waals surface area (Å²) in [6.07, 6.45) is 0. The first-order valence-corrected chi connectivity index (χ1v) is 8.72. The average Bonchev–Trinajstić information content (AvgIpc) is 3.22. The molecule has 0 aliphatic heterocycles. The number of hydrogen-bond donors (Lipinski definition) is 3. The predicted octanol–water partition coefficient (Wildman–Crippen LogP) is 2.65. The van der Waals surface area contributed by atoms with E-state index in [1.165, 1.54) is 35.2 Å². The van der Waals surface area contributed by atoms with Crippen LogP contribution in [0.5, 0.6) is 0 Å². The van der Waals surface area contributed by atoms with E-state index >= 15 is 0 Å². The molecule has 0 radical (unpaired) electrons. The molecule has 1 aromatic carbocycles. The van der Waals surface area contributed by atoms with Crippen LogP contribution in [-0.4, -0.2) is 31.6 Å². The van der Waals surface area contributed by atoms with Gasteiger partial charge in [0.25, 0.3) is 0 Å². The number of rotatable bonds is 5. The van der Waals surface area contributed by atoms with Crippen molar-refractivity contribution in [1.82, 2.24) is 26.0 Å². The molecule has 0 bridgehead atoms. The van der Waals surface area contributed by atoms with Gasteiger partial charge in [0.15, 0.2) is 15.9 Å². The topological polar surface area (TPSA) is 135 Å². The van der Waals surface area contributed by atoms with Crippen molar-refractivity contribution in [3.8, 4) is 0 Å². The zero-order valence-electron chi connectivity index (χ0n) is 12.2. The maximum absolute atomic E-state index is 13.2. The van der Waals surface area contributed by atoms with E-state index < -0.39 is 5.82 Å². The van der Waals surface area contributed by atoms with E-state index in [0.29, 0.717) is 26.6 Å². The van der Waals surface area contributed by atoms with Gasteiger partial charge in [0.2, 0.25) is 5.13 Å². The second-order valence-electron chi connectivity index (χ2n) is 4.43. The minimum Gasteiger partial charge on any atom is -0.374 e. The van der Waals surface area contributed by atoms with Crippen LogP contribution in [0, 0.1) is 5.82 Å². The molecule has 130 valence electrons. The van der Waals surface area contributed by atoms with Crippen molar-refractivity contribution in [2.75, 3.05) is 5.73 Å². The van der Waals surface area contributed by atoms with Crippen LogP contribution in [0.3, 0.4) is 0 Å². The van der Waals surface area contributed by atoms with Crippen LogP contribution in [0.4, 0.5) is 15.2 Å². The maximum Gasteiger partial charge on any atom is 0.203 e. The number of nitrogens with zero attached hydrogens (tertiary/aromatic N) is 5. The Bertz CT molecular complexity index is 917. The summed E-state index contributed by atoms with van der Waals surface area (Å²) in [4.78, 5) is 4.13. The lowest BCUT2D eigenvalue weighted by Gasteiger charge is -2.03. The fourth-order valence-electron chi connectivity index (χ4n) is 1.70. The highest BCUT2D eigenvalue weighted by atomic mass is 35.5. The number of nitrogen functional groups attached to an aromatic ring is 1. The number of amidine groups is 1. The van der Waals surface area contributed by atoms with E-state index in [9.17, 15) is 9.60 Å². The molecule has 0 aliphatic carbocycles. The SMILES string of the molecule is Nc1nnc(SCc2nonc2C(=Nc2ccc(F)c(Cl)c2)NO)s1. The molecular formula is C12H9ClFN7O2S2. The van der Waals surface area contributed by atoms with Crippen LogP contribution in [-0.2, 0) is 5.75 Å². The molecule has 25 heavy (non-hydrogen) atoms. The number of benzene rings is 1. The van der Waals surface area contributed by atoms with E-state index in [1.54, 1.807) is 0 Å². The van der Waals surface area contributed by atoms with Crippen molar-refractivity contribution < 1.29 is 14.2 Å². The van der Waals surface area contributed by atoms with Crippen LogP contribution >= 0.6 is 34.7 Å². The maximum atomic E-state index is 13.2. The van der Waals surface area contributed by atoms with E-state index in [0.717, 1.165) is 6.07 Å². The molecule has 2 heterocycles. The number of hydroxylamine groups is 1. The first kappa shape index (κ1) is 17.5. The largest absolute Gasteiger partial charge is 0.374 e. The van der Waals surface area contributed by atoms with Crippen molar-refractivity contribution in [1.29, 1.82) is 0 Å². The highest BCUT2D eigenvalue weighted by molar-refractivity contribution is 8.00. The lowest BCUT2D eigenvalue weighted by atomic mass is 10.3. The van der Waals surface area contributed by atoms with Gasteiger partial charge in [-0.3, -0.25) is 10.7 Å². The lowest BCUT2D eigenvalue weighted by molar-refractivity contribution is 0.234. The molecule has 3 aromatic rings. The normalized spacial score (nSPS) is 11.7. The zero-order chi connectivity index (χ0) is 17.8. The standard InChI is InChI=1S/C12H9ClFN7O2S2/c13-6-3-5(1-2-7(6)14)16-10(19-22)9-8(20-23-21-9)4-24-12-18-17-11(15)25-12/h1-3,22H,4H2,(H2,15,17)(H,16,19). The summed E-state index contributed by atoms with van der Waals surface area (Å²) in [6.45, 7) is 0. The molecular weight excluding hydrogens is 393 g/mol. The summed E-state index contributed by atoms with van der Waals surface area (Å²) in [5, 5.41) is 24.7. The Hall–Kier alpha value is -2.28. The van der Waals surface area contributed by atoms with Gasteiger partial charge in [-0.15, -0.1) is 10.2 Å². The third-order valence-electron chi connectivity index (χ3n) is 2.79. The van der Waals surface area contributed by atoms with E-state index in [1.807, 2.05) is 5.48 Å². The molecule has 0 saturated heterocycles. The molecule has 2 aromatic heterocycles. The number of aromatic nitrogens is 4. The molecule has 0 amide bonds. The van der Waals surface area contributed by atoms with Crippen LogP contribution in [0.2, 0.25) is 5.02 Å². The number of halogens is 2. The summed E-state index contributed by atoms with van der Waals surface area (Å²) >= 11 is 8.27. The number of nitrogens with one attached hydrogen (secondary N) is 1. The smallest absolute Gasteiger partial charge is 0.203 e. The number of thioether (sulfide) groups is 1. The van der Waals surface area contributed by atoms with Gasteiger partial charge in [0.05, 0.1) is 10.7 Å². The Morgan fingerprint density at radius 1 is 1.44 bits per heavy atom. The van der Waals surface area contributed by atoms with Crippen LogP contribution in [0.15, 0.2) is 32.2 Å². The predicted molar refractivity (Wildman–Crippen MR) is 90.7 cm³/mol. The van der Waals surface area contributed by atoms with Crippen LogP contribution in [0.1, 0.15) is 11.4 Å². The summed E-state index contributed by atoms with van der Waals surface area (Å²) in [6, 6.07) is 3.86. The van der Waals surface area contributed by atoms with Gasteiger partial charge in [-0.05, 0) is 23.4 Å². The third-order valence-corrected chi connectivity index (χ3v) is 4.97. The molecule has 0 spiro atoms. The van der Waals surface area contributed by atoms with Crippen molar-refractivity contribution in [2.24, 2.45) is 4.99 Å². The van der Waals surface area contributed by atoms with Gasteiger partial charge in [0.1, 0.15) is 11.5 Å². The number of nitrogens with two attached hydrogens (primary N) is 1. The monoisotopic (exact) mass is 401 g/mol. The van der Waals surface area contributed by atoms with E-state index in [4.69, 9.17) is 22.0 Å². The molecule has 0 aliphatic rings. The Labute approximate surface area is 153 Å². The van der Waals surface area contributed by atoms with Crippen LogP contribution in [0.25, 0.3) is 0 Å². The molecule has 0 unspecified atom stereocenters. The van der Waals surface area contributed by atoms with Gasteiger partial charge in [-0.1, -0.05) is 39.9 Å².